The molecular formula is C8H17LiO3. The van der Waals surface area contributed by atoms with Gasteiger partial charge in [-0.05, 0) is 18.8 Å². The fraction of sp³-hybridized carbons (Fsp3) is 0.875. The number of carboxylic acids is 1. The molecule has 3 nitrogen and oxygen atoms in total. The molecule has 0 radical (unpaired) electrons. The molecule has 0 aliphatic rings. The molecule has 2 unspecified atom stereocenters. The normalized spacial score (nSPS) is 14.6. The van der Waals surface area contributed by atoms with Gasteiger partial charge in [-0.1, -0.05) is 13.8 Å². The van der Waals surface area contributed by atoms with Crippen molar-refractivity contribution in [2.45, 2.75) is 39.2 Å². The second-order valence-corrected chi connectivity index (χ2v) is 2.89. The van der Waals surface area contributed by atoms with Gasteiger partial charge in [0.1, 0.15) is 0 Å². The van der Waals surface area contributed by atoms with Crippen LogP contribution in [0.25, 0.3) is 0 Å². The molecule has 2 N–H and O–H groups in total. The summed E-state index contributed by atoms with van der Waals surface area (Å²) in [6, 6.07) is 0. The van der Waals surface area contributed by atoms with Crippen molar-refractivity contribution in [2.24, 2.45) is 5.92 Å². The third-order valence-electron chi connectivity index (χ3n) is 1.89. The zero-order valence-electron chi connectivity index (χ0n) is 7.08. The predicted molar refractivity (Wildman–Crippen MR) is 49.5 cm³/mol. The Labute approximate surface area is 85.3 Å². The molecule has 0 aromatic heterocycles. The van der Waals surface area contributed by atoms with Crippen molar-refractivity contribution in [2.75, 3.05) is 0 Å². The van der Waals surface area contributed by atoms with Crippen LogP contribution < -0.4 is 0 Å². The van der Waals surface area contributed by atoms with Crippen LogP contribution in [0.15, 0.2) is 0 Å². The summed E-state index contributed by atoms with van der Waals surface area (Å²) in [5, 5.41) is 17.6. The van der Waals surface area contributed by atoms with E-state index in [4.69, 9.17) is 5.11 Å². The van der Waals surface area contributed by atoms with E-state index in [2.05, 4.69) is 0 Å². The average Bonchev–Trinajstić information content (AvgIpc) is 1.98. The second kappa shape index (κ2) is 7.66. The van der Waals surface area contributed by atoms with Gasteiger partial charge in [-0.25, -0.2) is 0 Å². The molecular weight excluding hydrogens is 151 g/mol. The first kappa shape index (κ1) is 14.5. The van der Waals surface area contributed by atoms with Crippen LogP contribution in [0.3, 0.4) is 0 Å². The third kappa shape index (κ3) is 6.72. The van der Waals surface area contributed by atoms with Gasteiger partial charge in [0, 0.05) is 6.42 Å². The fourth-order valence-electron chi connectivity index (χ4n) is 0.946. The van der Waals surface area contributed by atoms with Crippen LogP contribution in [0, 0.1) is 5.92 Å². The van der Waals surface area contributed by atoms with E-state index in [0.29, 0.717) is 12.8 Å². The Kier molecular flexibility index (Phi) is 9.29. The van der Waals surface area contributed by atoms with E-state index in [1.165, 1.54) is 0 Å². The van der Waals surface area contributed by atoms with Gasteiger partial charge in [0.2, 0.25) is 0 Å². The van der Waals surface area contributed by atoms with Crippen LogP contribution in [0.1, 0.15) is 33.1 Å². The third-order valence-corrected chi connectivity index (χ3v) is 1.89. The number of hydrogen-bond donors (Lipinski definition) is 2. The topological polar surface area (TPSA) is 57.5 Å². The van der Waals surface area contributed by atoms with Gasteiger partial charge in [0.25, 0.3) is 0 Å². The number of carbonyl (C=O) groups is 1. The molecule has 2 atom stereocenters. The molecule has 0 spiro atoms. The molecule has 68 valence electrons. The summed E-state index contributed by atoms with van der Waals surface area (Å²) >= 11 is 0. The standard InChI is InChI=1S/C8H16O3.Li.H/c1-3-7(9)6(2)4-5-8(10)11;;/h6-7,9H,3-5H2,1-2H3,(H,10,11);;. The van der Waals surface area contributed by atoms with Gasteiger partial charge < -0.3 is 10.2 Å². The molecule has 0 rings (SSSR count). The van der Waals surface area contributed by atoms with Crippen LogP contribution in [0.4, 0.5) is 0 Å². The number of hydrogen-bond acceptors (Lipinski definition) is 2. The van der Waals surface area contributed by atoms with E-state index in [1.54, 1.807) is 0 Å². The molecule has 0 fully saturated rings. The summed E-state index contributed by atoms with van der Waals surface area (Å²) < 4.78 is 0. The maximum absolute atomic E-state index is 10.1. The Bertz CT molecular complexity index is 127. The molecule has 0 saturated heterocycles. The van der Waals surface area contributed by atoms with Gasteiger partial charge in [-0.15, -0.1) is 0 Å². The SMILES string of the molecule is CCC(O)C(C)CCC(=O)O.[LiH]. The first-order chi connectivity index (χ1) is 5.07. The van der Waals surface area contributed by atoms with Gasteiger partial charge in [0.15, 0.2) is 0 Å². The molecule has 0 amide bonds. The number of rotatable bonds is 5. The maximum atomic E-state index is 10.1. The van der Waals surface area contributed by atoms with Crippen molar-refractivity contribution in [1.29, 1.82) is 0 Å². The molecule has 0 aliphatic heterocycles. The molecule has 12 heavy (non-hydrogen) atoms. The van der Waals surface area contributed by atoms with Crippen LogP contribution in [0.5, 0.6) is 0 Å². The minimum atomic E-state index is -0.792. The molecule has 4 heteroatoms. The van der Waals surface area contributed by atoms with Gasteiger partial charge in [0.05, 0.1) is 6.10 Å². The Balaban J connectivity index is 0. The van der Waals surface area contributed by atoms with E-state index < -0.39 is 5.97 Å². The van der Waals surface area contributed by atoms with E-state index in [9.17, 15) is 9.90 Å². The first-order valence-corrected chi connectivity index (χ1v) is 3.97. The van der Waals surface area contributed by atoms with E-state index in [1.807, 2.05) is 13.8 Å². The zero-order valence-corrected chi connectivity index (χ0v) is 7.08. The molecule has 0 heterocycles. The predicted octanol–water partition coefficient (Wildman–Crippen LogP) is 0.610. The van der Waals surface area contributed by atoms with E-state index in [0.717, 1.165) is 0 Å². The molecule has 0 saturated carbocycles. The fourth-order valence-corrected chi connectivity index (χ4v) is 0.946. The number of aliphatic hydroxyl groups is 1. The van der Waals surface area contributed by atoms with Gasteiger partial charge in [-0.2, -0.15) is 0 Å². The van der Waals surface area contributed by atoms with Crippen molar-refractivity contribution in [3.63, 3.8) is 0 Å². The number of aliphatic carboxylic acids is 1. The summed E-state index contributed by atoms with van der Waals surface area (Å²) in [5.74, 6) is -0.698. The summed E-state index contributed by atoms with van der Waals surface area (Å²) in [4.78, 5) is 10.1. The van der Waals surface area contributed by atoms with E-state index in [-0.39, 0.29) is 37.3 Å². The zero-order chi connectivity index (χ0) is 8.85. The first-order valence-electron chi connectivity index (χ1n) is 3.97. The average molecular weight is 168 g/mol. The summed E-state index contributed by atoms with van der Waals surface area (Å²) in [7, 11) is 0. The Morgan fingerprint density at radius 3 is 2.33 bits per heavy atom. The van der Waals surface area contributed by atoms with Crippen molar-refractivity contribution in [3.05, 3.63) is 0 Å². The van der Waals surface area contributed by atoms with Gasteiger partial charge in [-0.3, -0.25) is 4.79 Å². The van der Waals surface area contributed by atoms with Crippen LogP contribution in [-0.2, 0) is 4.79 Å². The quantitative estimate of drug-likeness (QED) is 0.591. The molecule has 0 bridgehead atoms. The van der Waals surface area contributed by atoms with Crippen molar-refractivity contribution >= 4 is 24.8 Å². The summed E-state index contributed by atoms with van der Waals surface area (Å²) in [6.07, 6.45) is 1.05. The van der Waals surface area contributed by atoms with E-state index >= 15 is 0 Å². The molecule has 0 aliphatic carbocycles. The minimum absolute atomic E-state index is 0. The Morgan fingerprint density at radius 1 is 1.50 bits per heavy atom. The monoisotopic (exact) mass is 168 g/mol. The van der Waals surface area contributed by atoms with Crippen LogP contribution in [-0.4, -0.2) is 41.1 Å². The van der Waals surface area contributed by atoms with Crippen molar-refractivity contribution < 1.29 is 15.0 Å². The summed E-state index contributed by atoms with van der Waals surface area (Å²) in [6.45, 7) is 3.76. The Morgan fingerprint density at radius 2 is 2.00 bits per heavy atom. The Hall–Kier alpha value is 0.0274. The van der Waals surface area contributed by atoms with Crippen LogP contribution in [0.2, 0.25) is 0 Å². The van der Waals surface area contributed by atoms with Crippen LogP contribution >= 0.6 is 0 Å². The second-order valence-electron chi connectivity index (χ2n) is 2.89. The van der Waals surface area contributed by atoms with Crippen molar-refractivity contribution in [1.82, 2.24) is 0 Å². The number of carboxylic acid groups (broad SMARTS) is 1. The van der Waals surface area contributed by atoms with Crippen molar-refractivity contribution in [3.8, 4) is 0 Å². The summed E-state index contributed by atoms with van der Waals surface area (Å²) in [5.41, 5.74) is 0. The number of aliphatic hydroxyl groups excluding tert-OH is 1. The molecule has 0 aromatic rings. The molecule has 0 aromatic carbocycles. The van der Waals surface area contributed by atoms with Gasteiger partial charge >= 0.3 is 24.8 Å².